The maximum atomic E-state index is 12.4. The molecule has 1 heterocycles. The summed E-state index contributed by atoms with van der Waals surface area (Å²) < 4.78 is 10.8. The van der Waals surface area contributed by atoms with Crippen molar-refractivity contribution >= 4 is 18.3 Å². The van der Waals surface area contributed by atoms with Crippen molar-refractivity contribution in [1.82, 2.24) is 4.48 Å². The molecule has 0 radical (unpaired) electrons. The van der Waals surface area contributed by atoms with Gasteiger partial charge in [0.25, 0.3) is 0 Å². The van der Waals surface area contributed by atoms with Crippen LogP contribution < -0.4 is 4.48 Å². The van der Waals surface area contributed by atoms with E-state index in [1.54, 1.807) is 12.1 Å². The molecule has 2 saturated carbocycles. The molecule has 0 bridgehead atoms. The molecule has 1 amide bonds. The fourth-order valence-electron chi connectivity index (χ4n) is 4.47. The van der Waals surface area contributed by atoms with Crippen molar-refractivity contribution in [2.24, 2.45) is 0 Å². The Balaban J connectivity index is 2.00. The zero-order chi connectivity index (χ0) is 16.3. The van der Waals surface area contributed by atoms with Crippen LogP contribution in [0.1, 0.15) is 68.3 Å². The molecule has 1 atom stereocenters. The van der Waals surface area contributed by atoms with E-state index in [-0.39, 0.29) is 22.3 Å². The summed E-state index contributed by atoms with van der Waals surface area (Å²) in [4.78, 5) is 24.1. The number of ether oxygens (including phenoxy) is 1. The lowest BCUT2D eigenvalue weighted by atomic mass is 9.90. The number of hydrogen-bond acceptors (Lipinski definition) is 4. The molecule has 126 valence electrons. The molecular weight excluding hydrogens is 294 g/mol. The lowest BCUT2D eigenvalue weighted by molar-refractivity contribution is -0.123. The summed E-state index contributed by atoms with van der Waals surface area (Å²) in [6.07, 6.45) is 11.1. The number of methoxy groups -OCH3 is 1. The van der Waals surface area contributed by atoms with Crippen LogP contribution in [0.5, 0.6) is 0 Å². The van der Waals surface area contributed by atoms with Crippen molar-refractivity contribution in [2.75, 3.05) is 7.11 Å². The van der Waals surface area contributed by atoms with Crippen molar-refractivity contribution in [2.45, 2.75) is 69.9 Å². The van der Waals surface area contributed by atoms with Crippen LogP contribution in [0.2, 0.25) is 0 Å². The minimum atomic E-state index is -0.490. The first-order chi connectivity index (χ1) is 11.2. The minimum absolute atomic E-state index is 0.181. The van der Waals surface area contributed by atoms with Gasteiger partial charge in [-0.1, -0.05) is 6.42 Å². The number of furan rings is 1. The molecule has 5 nitrogen and oxygen atoms in total. The summed E-state index contributed by atoms with van der Waals surface area (Å²) in [6.45, 7) is 0. The van der Waals surface area contributed by atoms with Crippen molar-refractivity contribution in [3.63, 3.8) is 0 Å². The van der Waals surface area contributed by atoms with Crippen LogP contribution in [0.15, 0.2) is 16.5 Å². The van der Waals surface area contributed by atoms with Crippen LogP contribution >= 0.6 is 0 Å². The van der Waals surface area contributed by atoms with Gasteiger partial charge in [0.2, 0.25) is 5.76 Å². The van der Waals surface area contributed by atoms with Crippen LogP contribution in [0.25, 0.3) is 0 Å². The molecule has 5 heteroatoms. The summed E-state index contributed by atoms with van der Waals surface area (Å²) >= 11 is 0. The molecule has 23 heavy (non-hydrogen) atoms. The van der Waals surface area contributed by atoms with Gasteiger partial charge in [-0.2, -0.15) is 4.48 Å². The van der Waals surface area contributed by atoms with E-state index in [2.05, 4.69) is 0 Å². The molecular formula is C18H26NO4+. The van der Waals surface area contributed by atoms with E-state index in [1.807, 2.05) is 0 Å². The molecule has 3 rings (SSSR count). The van der Waals surface area contributed by atoms with Gasteiger partial charge >= 0.3 is 18.3 Å². The minimum Gasteiger partial charge on any atom is -0.463 e. The molecule has 0 aliphatic heterocycles. The number of nitrogens with zero attached hydrogens (tertiary/aromatic N) is 1. The fraction of sp³-hybridized carbons (Fsp3) is 0.667. The standard InChI is InChI=1S/C18H26NO4/c1-22-18(21)16-11-12-17(23-16)19(13-20,15-9-5-6-10-15)14-7-3-2-4-8-14/h11-15H,2-10H2,1H3/q+1. The highest BCUT2D eigenvalue weighted by atomic mass is 16.5. The molecule has 1 unspecified atom stereocenters. The van der Waals surface area contributed by atoms with Gasteiger partial charge in [0.1, 0.15) is 12.1 Å². The second kappa shape index (κ2) is 6.87. The number of hydrogen-bond donors (Lipinski definition) is 0. The molecule has 2 aliphatic rings. The van der Waals surface area contributed by atoms with Gasteiger partial charge in [0, 0.05) is 31.7 Å². The van der Waals surface area contributed by atoms with E-state index in [0.717, 1.165) is 57.8 Å². The molecule has 2 fully saturated rings. The van der Waals surface area contributed by atoms with E-state index >= 15 is 0 Å². The quantitative estimate of drug-likeness (QED) is 0.470. The van der Waals surface area contributed by atoms with E-state index < -0.39 is 5.97 Å². The Bertz CT molecular complexity index is 555. The monoisotopic (exact) mass is 320 g/mol. The highest BCUT2D eigenvalue weighted by Crippen LogP contribution is 2.41. The van der Waals surface area contributed by atoms with Gasteiger partial charge in [0.05, 0.1) is 7.11 Å². The van der Waals surface area contributed by atoms with Gasteiger partial charge in [-0.3, -0.25) is 0 Å². The first-order valence-corrected chi connectivity index (χ1v) is 8.75. The zero-order valence-electron chi connectivity index (χ0n) is 13.8. The highest BCUT2D eigenvalue weighted by molar-refractivity contribution is 5.87. The average Bonchev–Trinajstić information content (AvgIpc) is 3.29. The predicted octanol–water partition coefficient (Wildman–Crippen LogP) is 3.81. The lowest BCUT2D eigenvalue weighted by Crippen LogP contribution is -2.61. The number of rotatable bonds is 5. The smallest absolute Gasteiger partial charge is 0.374 e. The molecule has 0 spiro atoms. The third-order valence-electron chi connectivity index (χ3n) is 5.64. The molecule has 0 N–H and O–H groups in total. The lowest BCUT2D eigenvalue weighted by Gasteiger charge is -2.42. The molecule has 2 aliphatic carbocycles. The second-order valence-corrected chi connectivity index (χ2v) is 6.80. The van der Waals surface area contributed by atoms with Crippen LogP contribution in [0, 0.1) is 0 Å². The van der Waals surface area contributed by atoms with Gasteiger partial charge in [-0.25, -0.2) is 9.59 Å². The Morgan fingerprint density at radius 3 is 2.17 bits per heavy atom. The SMILES string of the molecule is COC(=O)c1ccc([N+](C=O)(C2CCCCC2)C2CCCC2)o1. The first kappa shape index (κ1) is 16.2. The maximum absolute atomic E-state index is 12.4. The van der Waals surface area contributed by atoms with Crippen LogP contribution in [-0.2, 0) is 9.53 Å². The summed E-state index contributed by atoms with van der Waals surface area (Å²) in [5, 5.41) is 0. The number of quaternary nitrogens is 1. The zero-order valence-corrected chi connectivity index (χ0v) is 13.8. The van der Waals surface area contributed by atoms with Gasteiger partial charge in [-0.15, -0.1) is 0 Å². The van der Waals surface area contributed by atoms with Crippen molar-refractivity contribution in [3.05, 3.63) is 17.9 Å². The highest BCUT2D eigenvalue weighted by Gasteiger charge is 2.50. The van der Waals surface area contributed by atoms with Crippen molar-refractivity contribution < 1.29 is 18.7 Å². The number of amides is 1. The van der Waals surface area contributed by atoms with E-state index in [9.17, 15) is 9.59 Å². The Hall–Kier alpha value is -1.62. The largest absolute Gasteiger partial charge is 0.463 e. The first-order valence-electron chi connectivity index (χ1n) is 8.75. The average molecular weight is 320 g/mol. The summed E-state index contributed by atoms with van der Waals surface area (Å²) in [7, 11) is 1.34. The molecule has 1 aromatic rings. The van der Waals surface area contributed by atoms with E-state index in [0.29, 0.717) is 5.88 Å². The summed E-state index contributed by atoms with van der Waals surface area (Å²) in [6, 6.07) is 3.97. The van der Waals surface area contributed by atoms with Crippen LogP contribution in [0.4, 0.5) is 5.88 Å². The third kappa shape index (κ3) is 2.82. The van der Waals surface area contributed by atoms with E-state index in [4.69, 9.17) is 9.15 Å². The third-order valence-corrected chi connectivity index (χ3v) is 5.64. The number of carbonyl (C=O) groups excluding carboxylic acids is 2. The topological polar surface area (TPSA) is 56.5 Å². The maximum Gasteiger partial charge on any atom is 0.374 e. The van der Waals surface area contributed by atoms with Gasteiger partial charge in [-0.05, 0) is 31.7 Å². The van der Waals surface area contributed by atoms with Crippen molar-refractivity contribution in [3.8, 4) is 0 Å². The van der Waals surface area contributed by atoms with Crippen LogP contribution in [-0.4, -0.2) is 31.6 Å². The predicted molar refractivity (Wildman–Crippen MR) is 87.0 cm³/mol. The summed E-state index contributed by atoms with van der Waals surface area (Å²) in [5.74, 6) is 0.301. The normalized spacial score (nSPS) is 22.7. The Morgan fingerprint density at radius 1 is 1.09 bits per heavy atom. The Morgan fingerprint density at radius 2 is 1.65 bits per heavy atom. The fourth-order valence-corrected chi connectivity index (χ4v) is 4.47. The number of esters is 1. The van der Waals surface area contributed by atoms with E-state index in [1.165, 1.54) is 13.5 Å². The Kier molecular flexibility index (Phi) is 4.85. The molecule has 0 saturated heterocycles. The van der Waals surface area contributed by atoms with Gasteiger partial charge in [0.15, 0.2) is 0 Å². The Labute approximate surface area is 137 Å². The second-order valence-electron chi connectivity index (χ2n) is 6.80. The van der Waals surface area contributed by atoms with Crippen LogP contribution in [0.3, 0.4) is 0 Å². The molecule has 1 aromatic heterocycles. The molecule has 0 aromatic carbocycles. The number of carbonyl (C=O) groups is 2. The van der Waals surface area contributed by atoms with Crippen molar-refractivity contribution in [1.29, 1.82) is 0 Å². The summed E-state index contributed by atoms with van der Waals surface area (Å²) in [5.41, 5.74) is 0. The van der Waals surface area contributed by atoms with Gasteiger partial charge < -0.3 is 9.15 Å².